The van der Waals surface area contributed by atoms with Crippen LogP contribution in [0.5, 0.6) is 0 Å². The molecule has 0 radical (unpaired) electrons. The van der Waals surface area contributed by atoms with Crippen molar-refractivity contribution >= 4 is 0 Å². The molecule has 1 heterocycles. The maximum Gasteiger partial charge on any atom is 0.0697 e. The number of aromatic amines is 1. The van der Waals surface area contributed by atoms with Gasteiger partial charge in [0.2, 0.25) is 0 Å². The third-order valence-corrected chi connectivity index (χ3v) is 3.00. The van der Waals surface area contributed by atoms with E-state index in [1.807, 2.05) is 6.20 Å². The molecule has 2 N–H and O–H groups in total. The van der Waals surface area contributed by atoms with Crippen molar-refractivity contribution in [3.8, 4) is 11.3 Å². The molecule has 1 aromatic heterocycles. The third kappa shape index (κ3) is 2.99. The Kier molecular flexibility index (Phi) is 4.15. The Bertz CT molecular complexity index is 500. The van der Waals surface area contributed by atoms with Gasteiger partial charge in [-0.15, -0.1) is 0 Å². The molecule has 0 unspecified atom stereocenters. The van der Waals surface area contributed by atoms with Gasteiger partial charge in [0, 0.05) is 17.7 Å². The van der Waals surface area contributed by atoms with E-state index in [-0.39, 0.29) is 0 Å². The first-order valence-electron chi connectivity index (χ1n) is 6.47. The van der Waals surface area contributed by atoms with Crippen LogP contribution in [-0.2, 0) is 6.54 Å². The molecule has 0 saturated heterocycles. The van der Waals surface area contributed by atoms with Gasteiger partial charge in [-0.2, -0.15) is 5.10 Å². The summed E-state index contributed by atoms with van der Waals surface area (Å²) in [7, 11) is 0. The Morgan fingerprint density at radius 1 is 1.28 bits per heavy atom. The van der Waals surface area contributed by atoms with Gasteiger partial charge < -0.3 is 5.32 Å². The fraction of sp³-hybridized carbons (Fsp3) is 0.400. The Morgan fingerprint density at radius 3 is 2.78 bits per heavy atom. The van der Waals surface area contributed by atoms with E-state index in [9.17, 15) is 0 Å². The van der Waals surface area contributed by atoms with Crippen LogP contribution < -0.4 is 5.32 Å². The van der Waals surface area contributed by atoms with Crippen LogP contribution in [0.15, 0.2) is 30.5 Å². The molecule has 3 heteroatoms. The van der Waals surface area contributed by atoms with Gasteiger partial charge in [-0.1, -0.05) is 38.1 Å². The van der Waals surface area contributed by atoms with E-state index in [0.717, 1.165) is 18.8 Å². The van der Waals surface area contributed by atoms with Crippen LogP contribution in [-0.4, -0.2) is 16.7 Å². The van der Waals surface area contributed by atoms with E-state index >= 15 is 0 Å². The monoisotopic (exact) mass is 243 g/mol. The molecule has 96 valence electrons. The van der Waals surface area contributed by atoms with Crippen molar-refractivity contribution in [3.05, 3.63) is 41.6 Å². The summed E-state index contributed by atoms with van der Waals surface area (Å²) in [6.07, 6.45) is 1.91. The highest BCUT2D eigenvalue weighted by atomic mass is 15.1. The van der Waals surface area contributed by atoms with Crippen molar-refractivity contribution in [1.82, 2.24) is 15.5 Å². The summed E-state index contributed by atoms with van der Waals surface area (Å²) in [6, 6.07) is 8.39. The highest BCUT2D eigenvalue weighted by Crippen LogP contribution is 2.24. The quantitative estimate of drug-likeness (QED) is 0.847. The Labute approximate surface area is 109 Å². The van der Waals surface area contributed by atoms with Crippen molar-refractivity contribution in [2.75, 3.05) is 6.54 Å². The highest BCUT2D eigenvalue weighted by molar-refractivity contribution is 5.66. The zero-order chi connectivity index (χ0) is 13.0. The maximum absolute atomic E-state index is 4.17. The number of nitrogens with zero attached hydrogens (tertiary/aromatic N) is 1. The predicted molar refractivity (Wildman–Crippen MR) is 75.3 cm³/mol. The molecule has 0 saturated carbocycles. The van der Waals surface area contributed by atoms with E-state index < -0.39 is 0 Å². The largest absolute Gasteiger partial charge is 0.312 e. The second-order valence-corrected chi connectivity index (χ2v) is 5.11. The third-order valence-electron chi connectivity index (χ3n) is 3.00. The number of nitrogens with one attached hydrogen (secondary N) is 2. The van der Waals surface area contributed by atoms with Crippen molar-refractivity contribution in [2.45, 2.75) is 27.3 Å². The van der Waals surface area contributed by atoms with E-state index in [0.29, 0.717) is 5.92 Å². The molecule has 0 bridgehead atoms. The minimum absolute atomic E-state index is 0.666. The maximum atomic E-state index is 4.17. The zero-order valence-electron chi connectivity index (χ0n) is 11.3. The van der Waals surface area contributed by atoms with Gasteiger partial charge in [-0.05, 0) is 24.9 Å². The Morgan fingerprint density at radius 2 is 2.06 bits per heavy atom. The van der Waals surface area contributed by atoms with E-state index in [1.54, 1.807) is 0 Å². The average molecular weight is 243 g/mol. The topological polar surface area (TPSA) is 40.7 Å². The number of hydrogen-bond donors (Lipinski definition) is 2. The molecule has 0 amide bonds. The molecule has 2 aromatic rings. The predicted octanol–water partition coefficient (Wildman–Crippen LogP) is 3.13. The van der Waals surface area contributed by atoms with Crippen LogP contribution in [0.3, 0.4) is 0 Å². The fourth-order valence-electron chi connectivity index (χ4n) is 2.03. The Hall–Kier alpha value is -1.61. The molecule has 0 fully saturated rings. The van der Waals surface area contributed by atoms with Gasteiger partial charge in [0.15, 0.2) is 0 Å². The standard InChI is InChI=1S/C15H21N3/c1-11(2)8-16-9-13-10-17-18-15(13)14-7-5-4-6-12(14)3/h4-7,10-11,16H,8-9H2,1-3H3,(H,17,18). The lowest BCUT2D eigenvalue weighted by molar-refractivity contribution is 0.553. The lowest BCUT2D eigenvalue weighted by Crippen LogP contribution is -2.19. The van der Waals surface area contributed by atoms with E-state index in [1.165, 1.54) is 16.7 Å². The number of benzene rings is 1. The molecule has 1 aromatic carbocycles. The van der Waals surface area contributed by atoms with Crippen molar-refractivity contribution < 1.29 is 0 Å². The first-order valence-corrected chi connectivity index (χ1v) is 6.47. The van der Waals surface area contributed by atoms with Crippen LogP contribution in [0.1, 0.15) is 25.0 Å². The summed E-state index contributed by atoms with van der Waals surface area (Å²) in [5.74, 6) is 0.666. The highest BCUT2D eigenvalue weighted by Gasteiger charge is 2.09. The number of aryl methyl sites for hydroxylation is 1. The second kappa shape index (κ2) is 5.83. The molecule has 18 heavy (non-hydrogen) atoms. The number of aromatic nitrogens is 2. The fourth-order valence-corrected chi connectivity index (χ4v) is 2.03. The number of rotatable bonds is 5. The first-order chi connectivity index (χ1) is 8.68. The smallest absolute Gasteiger partial charge is 0.0697 e. The SMILES string of the molecule is Cc1ccccc1-c1[nH]ncc1CNCC(C)C. The van der Waals surface area contributed by atoms with E-state index in [4.69, 9.17) is 0 Å². The van der Waals surface area contributed by atoms with Gasteiger partial charge in [-0.3, -0.25) is 5.10 Å². The van der Waals surface area contributed by atoms with Gasteiger partial charge in [0.1, 0.15) is 0 Å². The summed E-state index contributed by atoms with van der Waals surface area (Å²) in [4.78, 5) is 0. The molecule has 0 aliphatic carbocycles. The van der Waals surface area contributed by atoms with Crippen LogP contribution in [0.4, 0.5) is 0 Å². The molecule has 3 nitrogen and oxygen atoms in total. The molecular formula is C15H21N3. The lowest BCUT2D eigenvalue weighted by atomic mass is 10.0. The van der Waals surface area contributed by atoms with Gasteiger partial charge in [0.05, 0.1) is 11.9 Å². The second-order valence-electron chi connectivity index (χ2n) is 5.11. The minimum Gasteiger partial charge on any atom is -0.312 e. The number of hydrogen-bond acceptors (Lipinski definition) is 2. The molecule has 0 spiro atoms. The van der Waals surface area contributed by atoms with Crippen molar-refractivity contribution in [2.24, 2.45) is 5.92 Å². The minimum atomic E-state index is 0.666. The van der Waals surface area contributed by atoms with Crippen molar-refractivity contribution in [1.29, 1.82) is 0 Å². The number of H-pyrrole nitrogens is 1. The van der Waals surface area contributed by atoms with E-state index in [2.05, 4.69) is 60.6 Å². The summed E-state index contributed by atoms with van der Waals surface area (Å²) < 4.78 is 0. The van der Waals surface area contributed by atoms with Gasteiger partial charge in [-0.25, -0.2) is 0 Å². The lowest BCUT2D eigenvalue weighted by Gasteiger charge is -2.09. The van der Waals surface area contributed by atoms with Crippen LogP contribution >= 0.6 is 0 Å². The summed E-state index contributed by atoms with van der Waals surface area (Å²) in [5, 5.41) is 10.7. The summed E-state index contributed by atoms with van der Waals surface area (Å²) >= 11 is 0. The van der Waals surface area contributed by atoms with Crippen LogP contribution in [0, 0.1) is 12.8 Å². The first kappa shape index (κ1) is 12.8. The van der Waals surface area contributed by atoms with Gasteiger partial charge in [0.25, 0.3) is 0 Å². The zero-order valence-corrected chi connectivity index (χ0v) is 11.3. The Balaban J connectivity index is 2.15. The summed E-state index contributed by atoms with van der Waals surface area (Å²) in [5.41, 5.74) is 4.86. The molecular weight excluding hydrogens is 222 g/mol. The molecule has 0 aliphatic rings. The molecule has 0 atom stereocenters. The van der Waals surface area contributed by atoms with Crippen LogP contribution in [0.2, 0.25) is 0 Å². The average Bonchev–Trinajstić information content (AvgIpc) is 2.77. The van der Waals surface area contributed by atoms with Crippen LogP contribution in [0.25, 0.3) is 11.3 Å². The molecule has 0 aliphatic heterocycles. The van der Waals surface area contributed by atoms with Gasteiger partial charge >= 0.3 is 0 Å². The summed E-state index contributed by atoms with van der Waals surface area (Å²) in [6.45, 7) is 8.44. The normalized spacial score (nSPS) is 11.1. The molecule has 2 rings (SSSR count). The van der Waals surface area contributed by atoms with Crippen molar-refractivity contribution in [3.63, 3.8) is 0 Å².